The molecule has 5 nitrogen and oxygen atoms in total. The van der Waals surface area contributed by atoms with Gasteiger partial charge >= 0.3 is 5.69 Å². The number of rotatable bonds is 5. The molecule has 2 aromatic heterocycles. The summed E-state index contributed by atoms with van der Waals surface area (Å²) in [5.74, 6) is 0.752. The lowest BCUT2D eigenvalue weighted by molar-refractivity contribution is 0.646. The number of nitrogens with zero attached hydrogens (tertiary/aromatic N) is 3. The molecule has 7 heteroatoms. The minimum atomic E-state index is -0.0574. The quantitative estimate of drug-likeness (QED) is 0.536. The van der Waals surface area contributed by atoms with Gasteiger partial charge in [0.25, 0.3) is 0 Å². The van der Waals surface area contributed by atoms with E-state index in [0.717, 1.165) is 28.1 Å². The van der Waals surface area contributed by atoms with Crippen LogP contribution in [-0.2, 0) is 19.5 Å². The topological polar surface area (TPSA) is 55.6 Å². The summed E-state index contributed by atoms with van der Waals surface area (Å²) in [4.78, 5) is 20.6. The number of aromatic amines is 1. The third-order valence-corrected chi connectivity index (χ3v) is 5.18. The zero-order valence-electron chi connectivity index (χ0n) is 14.7. The van der Waals surface area contributed by atoms with Gasteiger partial charge in [-0.1, -0.05) is 41.4 Å². The van der Waals surface area contributed by atoms with Crippen LogP contribution in [0.5, 0.6) is 0 Å². The van der Waals surface area contributed by atoms with Crippen LogP contribution in [0.3, 0.4) is 0 Å². The van der Waals surface area contributed by atoms with Crippen LogP contribution in [0.15, 0.2) is 53.5 Å². The molecular formula is C20H18Cl2N4O. The SMILES string of the molecule is CCn1c(Cc2ccc(Cl)cc2Cl)cn(Cc2nc3ccccc3[nH]2)c1=O. The maximum atomic E-state index is 12.8. The number of halogens is 2. The van der Waals surface area contributed by atoms with Crippen LogP contribution in [0.1, 0.15) is 24.0 Å². The number of aromatic nitrogens is 4. The molecular weight excluding hydrogens is 383 g/mol. The van der Waals surface area contributed by atoms with Gasteiger partial charge in [0, 0.05) is 34.9 Å². The van der Waals surface area contributed by atoms with Crippen molar-refractivity contribution in [1.82, 2.24) is 19.1 Å². The molecule has 0 saturated carbocycles. The van der Waals surface area contributed by atoms with Crippen LogP contribution in [0, 0.1) is 0 Å². The van der Waals surface area contributed by atoms with Crippen LogP contribution in [0.2, 0.25) is 10.0 Å². The van der Waals surface area contributed by atoms with Crippen LogP contribution >= 0.6 is 23.2 Å². The summed E-state index contributed by atoms with van der Waals surface area (Å²) in [7, 11) is 0. The van der Waals surface area contributed by atoms with Crippen LogP contribution in [0.25, 0.3) is 11.0 Å². The highest BCUT2D eigenvalue weighted by Crippen LogP contribution is 2.23. The Balaban J connectivity index is 1.67. The Bertz CT molecular complexity index is 1140. The van der Waals surface area contributed by atoms with Gasteiger partial charge in [0.15, 0.2) is 0 Å². The van der Waals surface area contributed by atoms with Crippen molar-refractivity contribution in [3.8, 4) is 0 Å². The molecule has 0 aliphatic heterocycles. The molecule has 1 N–H and O–H groups in total. The Hall–Kier alpha value is -2.50. The zero-order chi connectivity index (χ0) is 19.0. The Morgan fingerprint density at radius 1 is 1.15 bits per heavy atom. The second-order valence-electron chi connectivity index (χ2n) is 6.39. The van der Waals surface area contributed by atoms with Crippen molar-refractivity contribution in [2.75, 3.05) is 0 Å². The minimum absolute atomic E-state index is 0.0574. The normalized spacial score (nSPS) is 11.4. The van der Waals surface area contributed by atoms with Gasteiger partial charge in [0.05, 0.1) is 17.6 Å². The molecule has 0 saturated heterocycles. The molecule has 2 aromatic carbocycles. The van der Waals surface area contributed by atoms with Gasteiger partial charge in [0.2, 0.25) is 0 Å². The van der Waals surface area contributed by atoms with Crippen molar-refractivity contribution in [2.45, 2.75) is 26.4 Å². The van der Waals surface area contributed by atoms with Crippen molar-refractivity contribution < 1.29 is 0 Å². The number of H-pyrrole nitrogens is 1. The van der Waals surface area contributed by atoms with Crippen molar-refractivity contribution in [1.29, 1.82) is 0 Å². The first-order valence-electron chi connectivity index (χ1n) is 8.71. The summed E-state index contributed by atoms with van der Waals surface area (Å²) in [5, 5.41) is 1.20. The molecule has 0 bridgehead atoms. The third-order valence-electron chi connectivity index (χ3n) is 4.59. The van der Waals surface area contributed by atoms with Crippen LogP contribution in [-0.4, -0.2) is 19.1 Å². The maximum absolute atomic E-state index is 12.8. The number of imidazole rings is 2. The van der Waals surface area contributed by atoms with E-state index >= 15 is 0 Å². The smallest absolute Gasteiger partial charge is 0.328 e. The van der Waals surface area contributed by atoms with E-state index in [-0.39, 0.29) is 5.69 Å². The van der Waals surface area contributed by atoms with E-state index in [0.29, 0.717) is 29.6 Å². The van der Waals surface area contributed by atoms with E-state index in [1.54, 1.807) is 15.2 Å². The standard InChI is InChI=1S/C20H18Cl2N4O/c1-2-26-15(9-13-7-8-14(21)10-16(13)22)11-25(20(26)27)12-19-23-17-5-3-4-6-18(17)24-19/h3-8,10-11H,2,9,12H2,1H3,(H,23,24). The molecule has 0 fully saturated rings. The summed E-state index contributed by atoms with van der Waals surface area (Å²) < 4.78 is 3.44. The highest BCUT2D eigenvalue weighted by molar-refractivity contribution is 6.35. The minimum Gasteiger partial charge on any atom is -0.340 e. The molecule has 0 unspecified atom stereocenters. The van der Waals surface area contributed by atoms with E-state index in [1.807, 2.05) is 49.5 Å². The van der Waals surface area contributed by atoms with Crippen molar-refractivity contribution >= 4 is 34.2 Å². The van der Waals surface area contributed by atoms with E-state index in [1.165, 1.54) is 0 Å². The number of fused-ring (bicyclic) bond motifs is 1. The number of hydrogen-bond donors (Lipinski definition) is 1. The molecule has 0 aliphatic rings. The van der Waals surface area contributed by atoms with E-state index in [9.17, 15) is 4.79 Å². The van der Waals surface area contributed by atoms with Crippen LogP contribution in [0.4, 0.5) is 0 Å². The molecule has 0 amide bonds. The number of hydrogen-bond acceptors (Lipinski definition) is 2. The second kappa shape index (κ2) is 7.25. The molecule has 4 rings (SSSR count). The first-order valence-corrected chi connectivity index (χ1v) is 9.47. The number of benzene rings is 2. The lowest BCUT2D eigenvalue weighted by atomic mass is 10.1. The lowest BCUT2D eigenvalue weighted by Gasteiger charge is -2.06. The summed E-state index contributed by atoms with van der Waals surface area (Å²) >= 11 is 12.3. The summed E-state index contributed by atoms with van der Waals surface area (Å²) in [5.41, 5.74) is 3.64. The molecule has 0 aliphatic carbocycles. The molecule has 2 heterocycles. The van der Waals surface area contributed by atoms with Gasteiger partial charge < -0.3 is 4.98 Å². The average Bonchev–Trinajstić information content (AvgIpc) is 3.18. The monoisotopic (exact) mass is 400 g/mol. The maximum Gasteiger partial charge on any atom is 0.328 e. The van der Waals surface area contributed by atoms with Gasteiger partial charge in [-0.2, -0.15) is 0 Å². The van der Waals surface area contributed by atoms with Crippen molar-refractivity contribution in [2.24, 2.45) is 0 Å². The van der Waals surface area contributed by atoms with Crippen LogP contribution < -0.4 is 5.69 Å². The van der Waals surface area contributed by atoms with Crippen molar-refractivity contribution in [3.63, 3.8) is 0 Å². The predicted octanol–water partition coefficient (Wildman–Crippen LogP) is 4.49. The fourth-order valence-corrected chi connectivity index (χ4v) is 3.75. The van der Waals surface area contributed by atoms with Gasteiger partial charge in [-0.05, 0) is 36.8 Å². The second-order valence-corrected chi connectivity index (χ2v) is 7.23. The average molecular weight is 401 g/mol. The van der Waals surface area contributed by atoms with Gasteiger partial charge in [-0.15, -0.1) is 0 Å². The van der Waals surface area contributed by atoms with Gasteiger partial charge in [-0.25, -0.2) is 9.78 Å². The molecule has 27 heavy (non-hydrogen) atoms. The van der Waals surface area contributed by atoms with Gasteiger partial charge in [0.1, 0.15) is 5.82 Å². The third kappa shape index (κ3) is 3.53. The summed E-state index contributed by atoms with van der Waals surface area (Å²) in [6.07, 6.45) is 2.44. The predicted molar refractivity (Wildman–Crippen MR) is 109 cm³/mol. The largest absolute Gasteiger partial charge is 0.340 e. The van der Waals surface area contributed by atoms with Crippen molar-refractivity contribution in [3.05, 3.63) is 86.3 Å². The summed E-state index contributed by atoms with van der Waals surface area (Å²) in [6.45, 7) is 2.94. The highest BCUT2D eigenvalue weighted by atomic mass is 35.5. The number of nitrogens with one attached hydrogen (secondary N) is 1. The van der Waals surface area contributed by atoms with E-state index < -0.39 is 0 Å². The Morgan fingerprint density at radius 2 is 1.96 bits per heavy atom. The Morgan fingerprint density at radius 3 is 2.70 bits per heavy atom. The first-order chi connectivity index (χ1) is 13.0. The summed E-state index contributed by atoms with van der Waals surface area (Å²) in [6, 6.07) is 13.2. The fraction of sp³-hybridized carbons (Fsp3) is 0.200. The Kier molecular flexibility index (Phi) is 4.81. The molecule has 0 atom stereocenters. The molecule has 4 aromatic rings. The molecule has 0 spiro atoms. The van der Waals surface area contributed by atoms with E-state index in [2.05, 4.69) is 9.97 Å². The zero-order valence-corrected chi connectivity index (χ0v) is 16.3. The van der Waals surface area contributed by atoms with Gasteiger partial charge in [-0.3, -0.25) is 9.13 Å². The molecule has 138 valence electrons. The first kappa shape index (κ1) is 17.9. The lowest BCUT2D eigenvalue weighted by Crippen LogP contribution is -2.25. The van der Waals surface area contributed by atoms with E-state index in [4.69, 9.17) is 23.2 Å². The highest BCUT2D eigenvalue weighted by Gasteiger charge is 2.14. The Labute approximate surface area is 166 Å². The molecule has 0 radical (unpaired) electrons. The fourth-order valence-electron chi connectivity index (χ4n) is 3.28. The number of para-hydroxylation sites is 2.